The Kier molecular flexibility index (Phi) is 2.47. The quantitative estimate of drug-likeness (QED) is 0.789. The molecule has 0 bridgehead atoms. The molecule has 2 rings (SSSR count). The lowest BCUT2D eigenvalue weighted by atomic mass is 10.2. The standard InChI is InChI=1S/C9H8ClN5/c1-5-2-6(4-12-3-5)7-13-8(10)15-9(11)14-7/h2-4H,1H3,(H2,11,13,14,15). The second-order valence-electron chi connectivity index (χ2n) is 3.04. The van der Waals surface area contributed by atoms with E-state index >= 15 is 0 Å². The van der Waals surface area contributed by atoms with E-state index in [1.54, 1.807) is 12.4 Å². The monoisotopic (exact) mass is 221 g/mol. The van der Waals surface area contributed by atoms with Gasteiger partial charge in [-0.2, -0.15) is 15.0 Å². The smallest absolute Gasteiger partial charge is 0.227 e. The molecule has 6 heteroatoms. The SMILES string of the molecule is Cc1cncc(-c2nc(N)nc(Cl)n2)c1. The second kappa shape index (κ2) is 3.78. The molecule has 15 heavy (non-hydrogen) atoms. The summed E-state index contributed by atoms with van der Waals surface area (Å²) in [5.41, 5.74) is 7.25. The third-order valence-electron chi connectivity index (χ3n) is 1.76. The maximum absolute atomic E-state index is 5.68. The van der Waals surface area contributed by atoms with Crippen LogP contribution in [0.25, 0.3) is 11.4 Å². The first-order valence-corrected chi connectivity index (χ1v) is 4.62. The molecule has 0 aromatic carbocycles. The van der Waals surface area contributed by atoms with Crippen molar-refractivity contribution in [2.24, 2.45) is 0 Å². The van der Waals surface area contributed by atoms with Crippen molar-refractivity contribution < 1.29 is 0 Å². The molecule has 2 aromatic rings. The van der Waals surface area contributed by atoms with E-state index < -0.39 is 0 Å². The molecule has 0 spiro atoms. The Bertz CT molecular complexity index is 479. The van der Waals surface area contributed by atoms with Gasteiger partial charge in [0.25, 0.3) is 0 Å². The summed E-state index contributed by atoms with van der Waals surface area (Å²) < 4.78 is 0. The van der Waals surface area contributed by atoms with Crippen molar-refractivity contribution >= 4 is 17.5 Å². The molecule has 0 aliphatic rings. The number of hydrogen-bond donors (Lipinski definition) is 1. The molecule has 2 heterocycles. The highest BCUT2D eigenvalue weighted by atomic mass is 35.5. The predicted molar refractivity (Wildman–Crippen MR) is 57.2 cm³/mol. The lowest BCUT2D eigenvalue weighted by Crippen LogP contribution is -2.00. The Morgan fingerprint density at radius 2 is 2.00 bits per heavy atom. The van der Waals surface area contributed by atoms with Crippen LogP contribution in [0, 0.1) is 6.92 Å². The molecular formula is C9H8ClN5. The highest BCUT2D eigenvalue weighted by Gasteiger charge is 2.05. The summed E-state index contributed by atoms with van der Waals surface area (Å²) in [5.74, 6) is 0.537. The van der Waals surface area contributed by atoms with Gasteiger partial charge >= 0.3 is 0 Å². The Balaban J connectivity index is 2.54. The number of nitrogen functional groups attached to an aromatic ring is 1. The predicted octanol–water partition coefficient (Wildman–Crippen LogP) is 1.48. The fourth-order valence-electron chi connectivity index (χ4n) is 1.17. The number of rotatable bonds is 1. The first-order chi connectivity index (χ1) is 7.15. The molecule has 0 saturated carbocycles. The fraction of sp³-hybridized carbons (Fsp3) is 0.111. The van der Waals surface area contributed by atoms with E-state index in [1.165, 1.54) is 0 Å². The molecule has 0 atom stereocenters. The largest absolute Gasteiger partial charge is 0.368 e. The Labute approximate surface area is 91.4 Å². The van der Waals surface area contributed by atoms with E-state index in [0.717, 1.165) is 11.1 Å². The van der Waals surface area contributed by atoms with Crippen molar-refractivity contribution in [3.63, 3.8) is 0 Å². The number of halogens is 1. The van der Waals surface area contributed by atoms with Crippen LogP contribution in [-0.4, -0.2) is 19.9 Å². The van der Waals surface area contributed by atoms with E-state index in [0.29, 0.717) is 5.82 Å². The van der Waals surface area contributed by atoms with Gasteiger partial charge in [0.15, 0.2) is 5.82 Å². The molecule has 5 nitrogen and oxygen atoms in total. The van der Waals surface area contributed by atoms with Crippen LogP contribution in [0.5, 0.6) is 0 Å². The number of nitrogens with two attached hydrogens (primary N) is 1. The van der Waals surface area contributed by atoms with Crippen molar-refractivity contribution in [2.75, 3.05) is 5.73 Å². The van der Waals surface area contributed by atoms with Crippen LogP contribution in [0.15, 0.2) is 18.5 Å². The summed E-state index contributed by atoms with van der Waals surface area (Å²) >= 11 is 5.68. The lowest BCUT2D eigenvalue weighted by Gasteiger charge is -2.01. The second-order valence-corrected chi connectivity index (χ2v) is 3.38. The van der Waals surface area contributed by atoms with Crippen molar-refractivity contribution in [2.45, 2.75) is 6.92 Å². The van der Waals surface area contributed by atoms with Gasteiger partial charge in [0, 0.05) is 18.0 Å². The minimum atomic E-state index is 0.0824. The van der Waals surface area contributed by atoms with Gasteiger partial charge in [0.1, 0.15) is 0 Å². The summed E-state index contributed by atoms with van der Waals surface area (Å²) in [7, 11) is 0. The van der Waals surface area contributed by atoms with E-state index in [-0.39, 0.29) is 11.2 Å². The van der Waals surface area contributed by atoms with Gasteiger partial charge in [-0.05, 0) is 30.2 Å². The van der Waals surface area contributed by atoms with Crippen LogP contribution < -0.4 is 5.73 Å². The number of aryl methyl sites for hydroxylation is 1. The molecular weight excluding hydrogens is 214 g/mol. The van der Waals surface area contributed by atoms with Crippen LogP contribution in [0.1, 0.15) is 5.56 Å². The summed E-state index contributed by atoms with van der Waals surface area (Å²) in [6.45, 7) is 1.93. The molecule has 0 aliphatic carbocycles. The summed E-state index contributed by atoms with van der Waals surface area (Å²) in [6, 6.07) is 1.90. The Morgan fingerprint density at radius 1 is 1.20 bits per heavy atom. The number of pyridine rings is 1. The molecule has 0 saturated heterocycles. The summed E-state index contributed by atoms with van der Waals surface area (Å²) in [5, 5.41) is 0.0824. The van der Waals surface area contributed by atoms with Crippen LogP contribution >= 0.6 is 11.6 Å². The maximum Gasteiger partial charge on any atom is 0.227 e. The highest BCUT2D eigenvalue weighted by molar-refractivity contribution is 6.28. The molecule has 2 N–H and O–H groups in total. The molecule has 2 aromatic heterocycles. The summed E-state index contributed by atoms with van der Waals surface area (Å²) in [6.07, 6.45) is 3.40. The minimum absolute atomic E-state index is 0.0824. The zero-order valence-electron chi connectivity index (χ0n) is 7.98. The molecule has 0 radical (unpaired) electrons. The van der Waals surface area contributed by atoms with Crippen molar-refractivity contribution in [3.8, 4) is 11.4 Å². The molecule has 0 aliphatic heterocycles. The number of aromatic nitrogens is 4. The highest BCUT2D eigenvalue weighted by Crippen LogP contribution is 2.16. The Morgan fingerprint density at radius 3 is 2.67 bits per heavy atom. The van der Waals surface area contributed by atoms with Gasteiger partial charge in [-0.15, -0.1) is 0 Å². The third kappa shape index (κ3) is 2.19. The molecule has 76 valence electrons. The first-order valence-electron chi connectivity index (χ1n) is 4.24. The molecule has 0 fully saturated rings. The van der Waals surface area contributed by atoms with Crippen LogP contribution in [0.4, 0.5) is 5.95 Å². The van der Waals surface area contributed by atoms with Gasteiger partial charge in [0.05, 0.1) is 0 Å². The maximum atomic E-state index is 5.68. The first kappa shape index (κ1) is 9.79. The minimum Gasteiger partial charge on any atom is -0.368 e. The van der Waals surface area contributed by atoms with E-state index in [4.69, 9.17) is 17.3 Å². The Hall–Kier alpha value is -1.75. The van der Waals surface area contributed by atoms with Crippen molar-refractivity contribution in [1.82, 2.24) is 19.9 Å². The van der Waals surface area contributed by atoms with Crippen LogP contribution in [0.3, 0.4) is 0 Å². The van der Waals surface area contributed by atoms with Gasteiger partial charge in [-0.25, -0.2) is 0 Å². The number of anilines is 1. The molecule has 0 unspecified atom stereocenters. The van der Waals surface area contributed by atoms with E-state index in [2.05, 4.69) is 19.9 Å². The van der Waals surface area contributed by atoms with E-state index in [9.17, 15) is 0 Å². The topological polar surface area (TPSA) is 77.6 Å². The number of nitrogens with zero attached hydrogens (tertiary/aromatic N) is 4. The third-order valence-corrected chi connectivity index (χ3v) is 1.93. The fourth-order valence-corrected chi connectivity index (χ4v) is 1.34. The van der Waals surface area contributed by atoms with Gasteiger partial charge < -0.3 is 5.73 Å². The van der Waals surface area contributed by atoms with E-state index in [1.807, 2.05) is 13.0 Å². The molecule has 0 amide bonds. The van der Waals surface area contributed by atoms with Crippen LogP contribution in [0.2, 0.25) is 5.28 Å². The van der Waals surface area contributed by atoms with Gasteiger partial charge in [0.2, 0.25) is 11.2 Å². The zero-order chi connectivity index (χ0) is 10.8. The van der Waals surface area contributed by atoms with Crippen LogP contribution in [-0.2, 0) is 0 Å². The lowest BCUT2D eigenvalue weighted by molar-refractivity contribution is 1.07. The normalized spacial score (nSPS) is 10.3. The average molecular weight is 222 g/mol. The number of hydrogen-bond acceptors (Lipinski definition) is 5. The zero-order valence-corrected chi connectivity index (χ0v) is 8.73. The van der Waals surface area contributed by atoms with Gasteiger partial charge in [-0.1, -0.05) is 0 Å². The van der Waals surface area contributed by atoms with Crippen molar-refractivity contribution in [1.29, 1.82) is 0 Å². The van der Waals surface area contributed by atoms with Gasteiger partial charge in [-0.3, -0.25) is 4.98 Å². The summed E-state index contributed by atoms with van der Waals surface area (Å²) in [4.78, 5) is 15.7. The average Bonchev–Trinajstić information content (AvgIpc) is 2.16. The van der Waals surface area contributed by atoms with Crippen molar-refractivity contribution in [3.05, 3.63) is 29.3 Å².